The molecule has 1 spiro atoms. The molecule has 1 amide bonds. The second-order valence-electron chi connectivity index (χ2n) is 10.3. The quantitative estimate of drug-likeness (QED) is 0.404. The highest BCUT2D eigenvalue weighted by Gasteiger charge is 2.67. The number of halogens is 4. The average Bonchev–Trinajstić information content (AvgIpc) is 3.63. The van der Waals surface area contributed by atoms with E-state index in [1.54, 1.807) is 12.1 Å². The van der Waals surface area contributed by atoms with Crippen molar-refractivity contribution in [3.8, 4) is 11.8 Å². The van der Waals surface area contributed by atoms with Gasteiger partial charge < -0.3 is 14.5 Å². The molecule has 38 heavy (non-hydrogen) atoms. The van der Waals surface area contributed by atoms with Crippen LogP contribution in [0.4, 0.5) is 28.9 Å². The lowest BCUT2D eigenvalue weighted by Crippen LogP contribution is -2.69. The number of piperidine rings is 1. The molecule has 0 radical (unpaired) electrons. The monoisotopic (exact) mass is 547 g/mol. The lowest BCUT2D eigenvalue weighted by atomic mass is 9.72. The van der Waals surface area contributed by atoms with Crippen LogP contribution in [0.2, 0.25) is 0 Å². The van der Waals surface area contributed by atoms with Crippen LogP contribution < -0.4 is 14.5 Å². The molecule has 1 aromatic carbocycles. The number of ether oxygens (including phenoxy) is 1. The van der Waals surface area contributed by atoms with Gasteiger partial charge in [0.05, 0.1) is 23.1 Å². The van der Waals surface area contributed by atoms with Crippen LogP contribution in [0.3, 0.4) is 0 Å². The molecular formula is C26H25F4N5O2S. The third kappa shape index (κ3) is 4.07. The number of carbonyl (C=O) groups excluding carboxylic acids is 1. The first-order chi connectivity index (χ1) is 18.1. The minimum Gasteiger partial charge on any atom is -0.490 e. The molecule has 200 valence electrons. The molecule has 6 rings (SSSR count). The van der Waals surface area contributed by atoms with Gasteiger partial charge >= 0.3 is 6.18 Å². The van der Waals surface area contributed by atoms with E-state index in [0.29, 0.717) is 24.3 Å². The molecule has 4 aliphatic rings. The number of carbonyl (C=O) groups is 1. The number of piperazine rings is 1. The molecule has 0 N–H and O–H groups in total. The molecule has 2 unspecified atom stereocenters. The van der Waals surface area contributed by atoms with Gasteiger partial charge in [-0.05, 0) is 57.4 Å². The number of fused-ring (bicyclic) bond motifs is 1. The summed E-state index contributed by atoms with van der Waals surface area (Å²) in [6.45, 7) is 1.83. The third-order valence-electron chi connectivity index (χ3n) is 7.92. The number of rotatable bonds is 4. The van der Waals surface area contributed by atoms with Gasteiger partial charge in [-0.15, -0.1) is 11.8 Å². The lowest BCUT2D eigenvalue weighted by molar-refractivity contribution is -0.138. The second-order valence-corrected chi connectivity index (χ2v) is 11.5. The Labute approximate surface area is 221 Å². The molecular weight excluding hydrogens is 522 g/mol. The van der Waals surface area contributed by atoms with E-state index < -0.39 is 34.2 Å². The van der Waals surface area contributed by atoms with Crippen molar-refractivity contribution in [2.75, 3.05) is 29.9 Å². The highest BCUT2D eigenvalue weighted by atomic mass is 32.2. The van der Waals surface area contributed by atoms with Crippen LogP contribution in [0.15, 0.2) is 30.5 Å². The summed E-state index contributed by atoms with van der Waals surface area (Å²) >= 11 is 1.38. The summed E-state index contributed by atoms with van der Waals surface area (Å²) in [6.07, 6.45) is -0.227. The zero-order valence-corrected chi connectivity index (χ0v) is 21.4. The van der Waals surface area contributed by atoms with Crippen molar-refractivity contribution < 1.29 is 27.1 Å². The molecule has 3 aliphatic heterocycles. The number of nitriles is 1. The summed E-state index contributed by atoms with van der Waals surface area (Å²) in [6, 6.07) is 7.01. The minimum atomic E-state index is -4.79. The van der Waals surface area contributed by atoms with E-state index in [1.807, 2.05) is 4.90 Å². The molecule has 2 aromatic rings. The predicted octanol–water partition coefficient (Wildman–Crippen LogP) is 4.76. The van der Waals surface area contributed by atoms with Crippen LogP contribution in [0.5, 0.6) is 5.75 Å². The Hall–Kier alpha value is -3.04. The van der Waals surface area contributed by atoms with E-state index in [2.05, 4.69) is 16.9 Å². The molecule has 1 aromatic heterocycles. The molecule has 1 aliphatic carbocycles. The minimum absolute atomic E-state index is 0.00500. The van der Waals surface area contributed by atoms with Crippen LogP contribution in [0.25, 0.3) is 0 Å². The van der Waals surface area contributed by atoms with E-state index in [0.717, 1.165) is 44.6 Å². The number of nitrogens with zero attached hydrogens (tertiary/aromatic N) is 5. The van der Waals surface area contributed by atoms with Crippen LogP contribution in [0.1, 0.15) is 43.4 Å². The average molecular weight is 548 g/mol. The normalized spacial score (nSPS) is 25.1. The molecule has 1 saturated carbocycles. The van der Waals surface area contributed by atoms with Crippen molar-refractivity contribution in [3.05, 3.63) is 47.5 Å². The number of benzene rings is 1. The van der Waals surface area contributed by atoms with Crippen molar-refractivity contribution in [1.29, 1.82) is 5.26 Å². The Bertz CT molecular complexity index is 1320. The number of hydrogen-bond donors (Lipinski definition) is 0. The fourth-order valence-corrected chi connectivity index (χ4v) is 6.92. The van der Waals surface area contributed by atoms with Crippen molar-refractivity contribution in [2.45, 2.75) is 60.7 Å². The maximum absolute atomic E-state index is 15.5. The lowest BCUT2D eigenvalue weighted by Gasteiger charge is -2.54. The van der Waals surface area contributed by atoms with Gasteiger partial charge in [-0.3, -0.25) is 9.69 Å². The summed E-state index contributed by atoms with van der Waals surface area (Å²) in [5.74, 6) is -0.425. The zero-order chi connectivity index (χ0) is 26.8. The standard InChI is InChI=1S/C26H25F4N5O2S/c1-33-9-5-16(6-10-33)37-17-3-4-21(19(27)12-17)35-23-22(38-23)34(24(36)25(35)7-2-8-25)15-11-18(26(28,29)30)20(13-31)32-14-15/h3-4,11-12,14,16,22-23H,2,5-10H2,1H3. The SMILES string of the molecule is CN1CCC(Oc2ccc(N3C4SC4N(c4cnc(C#N)c(C(F)(F)F)c4)C(=O)C34CCC4)c(F)c2)CC1. The molecule has 7 nitrogen and oxygen atoms in total. The Kier molecular flexibility index (Phi) is 5.99. The molecule has 4 heterocycles. The first-order valence-corrected chi connectivity index (χ1v) is 13.5. The fraction of sp³-hybridized carbons (Fsp3) is 0.500. The van der Waals surface area contributed by atoms with Gasteiger partial charge in [0.15, 0.2) is 5.69 Å². The highest BCUT2D eigenvalue weighted by Crippen LogP contribution is 2.60. The number of thioether (sulfide) groups is 1. The van der Waals surface area contributed by atoms with Gasteiger partial charge in [0.1, 0.15) is 40.0 Å². The molecule has 4 fully saturated rings. The smallest absolute Gasteiger partial charge is 0.419 e. The number of alkyl halides is 3. The van der Waals surface area contributed by atoms with Gasteiger partial charge in [-0.1, -0.05) is 0 Å². The molecule has 0 bridgehead atoms. The van der Waals surface area contributed by atoms with Gasteiger partial charge in [-0.2, -0.15) is 18.4 Å². The molecule has 12 heteroatoms. The van der Waals surface area contributed by atoms with E-state index >= 15 is 4.39 Å². The zero-order valence-electron chi connectivity index (χ0n) is 20.5. The van der Waals surface area contributed by atoms with Gasteiger partial charge in [0.25, 0.3) is 5.91 Å². The topological polar surface area (TPSA) is 72.7 Å². The summed E-state index contributed by atoms with van der Waals surface area (Å²) < 4.78 is 62.3. The van der Waals surface area contributed by atoms with E-state index in [1.165, 1.54) is 28.8 Å². The van der Waals surface area contributed by atoms with Crippen LogP contribution in [0, 0.1) is 17.1 Å². The van der Waals surface area contributed by atoms with Crippen LogP contribution >= 0.6 is 11.8 Å². The highest BCUT2D eigenvalue weighted by molar-refractivity contribution is 8.08. The van der Waals surface area contributed by atoms with Gasteiger partial charge in [0, 0.05) is 19.2 Å². The molecule has 2 atom stereocenters. The maximum Gasteiger partial charge on any atom is 0.419 e. The Morgan fingerprint density at radius 1 is 1.18 bits per heavy atom. The Morgan fingerprint density at radius 3 is 2.53 bits per heavy atom. The first kappa shape index (κ1) is 25.2. The van der Waals surface area contributed by atoms with Crippen LogP contribution in [-0.2, 0) is 11.0 Å². The Balaban J connectivity index is 1.29. The number of amides is 1. The van der Waals surface area contributed by atoms with Crippen molar-refractivity contribution >= 4 is 29.0 Å². The van der Waals surface area contributed by atoms with Crippen molar-refractivity contribution in [3.63, 3.8) is 0 Å². The summed E-state index contributed by atoms with van der Waals surface area (Å²) in [4.78, 5) is 23.0. The number of pyridine rings is 1. The van der Waals surface area contributed by atoms with Crippen molar-refractivity contribution in [2.24, 2.45) is 0 Å². The largest absolute Gasteiger partial charge is 0.490 e. The van der Waals surface area contributed by atoms with Gasteiger partial charge in [-0.25, -0.2) is 9.37 Å². The van der Waals surface area contributed by atoms with Gasteiger partial charge in [0.2, 0.25) is 0 Å². The maximum atomic E-state index is 15.5. The Morgan fingerprint density at radius 2 is 1.92 bits per heavy atom. The fourth-order valence-electron chi connectivity index (χ4n) is 5.70. The van der Waals surface area contributed by atoms with Crippen LogP contribution in [-0.4, -0.2) is 58.3 Å². The van der Waals surface area contributed by atoms with E-state index in [9.17, 15) is 18.0 Å². The first-order valence-electron chi connectivity index (χ1n) is 12.5. The number of hydrogen-bond acceptors (Lipinski definition) is 7. The summed E-state index contributed by atoms with van der Waals surface area (Å²) in [7, 11) is 2.05. The summed E-state index contributed by atoms with van der Waals surface area (Å²) in [5, 5.41) is 8.29. The second kappa shape index (κ2) is 9.02. The summed E-state index contributed by atoms with van der Waals surface area (Å²) in [5.41, 5.74) is -2.68. The molecule has 3 saturated heterocycles. The van der Waals surface area contributed by atoms with Crippen molar-refractivity contribution in [1.82, 2.24) is 9.88 Å². The third-order valence-corrected chi connectivity index (χ3v) is 9.10. The van der Waals surface area contributed by atoms with E-state index in [-0.39, 0.29) is 23.1 Å². The predicted molar refractivity (Wildman–Crippen MR) is 133 cm³/mol. The van der Waals surface area contributed by atoms with E-state index in [4.69, 9.17) is 10.00 Å². The number of aromatic nitrogens is 1. The number of anilines is 2. The number of likely N-dealkylation sites (tertiary alicyclic amines) is 1.